The molecule has 0 aromatic carbocycles. The maximum atomic E-state index is 6.06. The lowest BCUT2D eigenvalue weighted by Crippen LogP contribution is -2.42. The fourth-order valence-corrected chi connectivity index (χ4v) is 4.58. The van der Waals surface area contributed by atoms with Gasteiger partial charge in [-0.05, 0) is 59.9 Å². The first-order valence-electron chi connectivity index (χ1n) is 10.6. The minimum Gasteiger partial charge on any atom is -0.399 e. The van der Waals surface area contributed by atoms with E-state index in [1.807, 2.05) is 12.4 Å². The van der Waals surface area contributed by atoms with Gasteiger partial charge in [-0.1, -0.05) is 18.2 Å². The van der Waals surface area contributed by atoms with Crippen molar-refractivity contribution in [1.82, 2.24) is 14.9 Å². The van der Waals surface area contributed by atoms with Gasteiger partial charge >= 0.3 is 7.12 Å². The smallest absolute Gasteiger partial charge is 0.399 e. The van der Waals surface area contributed by atoms with Crippen molar-refractivity contribution in [2.24, 2.45) is 5.73 Å². The summed E-state index contributed by atoms with van der Waals surface area (Å²) in [4.78, 5) is 11.6. The first kappa shape index (κ1) is 22.0. The number of hydrogen-bond donors (Lipinski definition) is 1. The molecule has 0 aliphatic carbocycles. The van der Waals surface area contributed by atoms with Gasteiger partial charge in [-0.25, -0.2) is 9.97 Å². The Kier molecular flexibility index (Phi) is 7.42. The van der Waals surface area contributed by atoms with E-state index in [2.05, 4.69) is 42.6 Å². The van der Waals surface area contributed by atoms with Gasteiger partial charge in [-0.3, -0.25) is 4.90 Å². The van der Waals surface area contributed by atoms with Crippen molar-refractivity contribution in [1.29, 1.82) is 0 Å². The lowest BCUT2D eigenvalue weighted by molar-refractivity contribution is 0.00578. The van der Waals surface area contributed by atoms with Gasteiger partial charge in [0.1, 0.15) is 0 Å². The zero-order valence-corrected chi connectivity index (χ0v) is 18.6. The van der Waals surface area contributed by atoms with E-state index < -0.39 is 7.12 Å². The molecule has 0 amide bonds. The van der Waals surface area contributed by atoms with E-state index in [-0.39, 0.29) is 11.2 Å². The van der Waals surface area contributed by atoms with Gasteiger partial charge in [-0.2, -0.15) is 0 Å². The van der Waals surface area contributed by atoms with Crippen LogP contribution in [0.15, 0.2) is 17.6 Å². The molecule has 1 aromatic rings. The Morgan fingerprint density at radius 3 is 2.50 bits per heavy atom. The van der Waals surface area contributed by atoms with Crippen LogP contribution >= 0.6 is 11.8 Å². The number of likely N-dealkylation sites (tertiary alicyclic amines) is 1. The molecule has 2 N–H and O–H groups in total. The third-order valence-electron chi connectivity index (χ3n) is 6.25. The molecule has 2 saturated heterocycles. The number of thioether (sulfide) groups is 1. The summed E-state index contributed by atoms with van der Waals surface area (Å²) in [6.07, 6.45) is 10.1. The molecule has 1 aromatic heterocycles. The van der Waals surface area contributed by atoms with Crippen LogP contribution in [0.25, 0.3) is 0 Å². The van der Waals surface area contributed by atoms with Crippen LogP contribution in [0, 0.1) is 0 Å². The van der Waals surface area contributed by atoms with Crippen LogP contribution in [-0.4, -0.2) is 64.6 Å². The van der Waals surface area contributed by atoms with Crippen molar-refractivity contribution < 1.29 is 9.31 Å². The van der Waals surface area contributed by atoms with Gasteiger partial charge in [0.25, 0.3) is 0 Å². The molecule has 6 nitrogen and oxygen atoms in total. The first-order chi connectivity index (χ1) is 13.3. The predicted octanol–water partition coefficient (Wildman–Crippen LogP) is 2.46. The van der Waals surface area contributed by atoms with Crippen LogP contribution in [0.5, 0.6) is 0 Å². The monoisotopic (exact) mass is 406 g/mol. The zero-order valence-electron chi connectivity index (χ0n) is 17.8. The highest BCUT2D eigenvalue weighted by molar-refractivity contribution is 7.99. The van der Waals surface area contributed by atoms with Gasteiger partial charge in [0, 0.05) is 42.7 Å². The highest BCUT2D eigenvalue weighted by atomic mass is 32.2. The Hall–Kier alpha value is -0.665. The Balaban J connectivity index is 1.44. The Bertz CT molecular complexity index is 611. The van der Waals surface area contributed by atoms with Crippen LogP contribution in [0.4, 0.5) is 0 Å². The molecule has 3 heterocycles. The van der Waals surface area contributed by atoms with Crippen molar-refractivity contribution in [3.05, 3.63) is 12.4 Å². The van der Waals surface area contributed by atoms with Gasteiger partial charge in [-0.15, -0.1) is 0 Å². The SMILES string of the molecule is CC1(C)OB(c2cnc(SCCC[C@@H]3CCCCN3CCN)nc2)OC1(C)C. The molecule has 2 aliphatic rings. The number of nitrogens with two attached hydrogens (primary N) is 1. The Labute approximate surface area is 174 Å². The normalized spacial score (nSPS) is 24.6. The molecule has 0 spiro atoms. The molecule has 156 valence electrons. The highest BCUT2D eigenvalue weighted by Gasteiger charge is 2.51. The lowest BCUT2D eigenvalue weighted by atomic mass is 9.81. The highest BCUT2D eigenvalue weighted by Crippen LogP contribution is 2.36. The zero-order chi connectivity index (χ0) is 20.2. The summed E-state index contributed by atoms with van der Waals surface area (Å²) in [7, 11) is -0.399. The largest absolute Gasteiger partial charge is 0.498 e. The van der Waals surface area contributed by atoms with E-state index >= 15 is 0 Å². The van der Waals surface area contributed by atoms with Gasteiger partial charge < -0.3 is 15.0 Å². The average molecular weight is 406 g/mol. The number of aromatic nitrogens is 2. The average Bonchev–Trinajstić information content (AvgIpc) is 2.88. The maximum absolute atomic E-state index is 6.06. The number of rotatable bonds is 8. The van der Waals surface area contributed by atoms with Crippen LogP contribution < -0.4 is 11.2 Å². The number of piperidine rings is 1. The lowest BCUT2D eigenvalue weighted by Gasteiger charge is -2.35. The molecule has 0 bridgehead atoms. The summed E-state index contributed by atoms with van der Waals surface area (Å²) < 4.78 is 12.1. The van der Waals surface area contributed by atoms with Crippen LogP contribution in [0.2, 0.25) is 0 Å². The van der Waals surface area contributed by atoms with E-state index in [0.29, 0.717) is 6.04 Å². The van der Waals surface area contributed by atoms with Crippen molar-refractivity contribution in [3.8, 4) is 0 Å². The molecule has 2 aliphatic heterocycles. The summed E-state index contributed by atoms with van der Waals surface area (Å²) in [5.74, 6) is 1.04. The summed E-state index contributed by atoms with van der Waals surface area (Å²) in [5.41, 5.74) is 5.95. The molecule has 0 saturated carbocycles. The third kappa shape index (κ3) is 5.27. The van der Waals surface area contributed by atoms with Gasteiger partial charge in [0.15, 0.2) is 5.16 Å². The molecule has 28 heavy (non-hydrogen) atoms. The van der Waals surface area contributed by atoms with Crippen LogP contribution in [0.1, 0.15) is 59.8 Å². The minimum absolute atomic E-state index is 0.345. The minimum atomic E-state index is -0.399. The Morgan fingerprint density at radius 2 is 1.86 bits per heavy atom. The predicted molar refractivity (Wildman–Crippen MR) is 116 cm³/mol. The topological polar surface area (TPSA) is 73.5 Å². The summed E-state index contributed by atoms with van der Waals surface area (Å²) in [5, 5.41) is 0.822. The summed E-state index contributed by atoms with van der Waals surface area (Å²) >= 11 is 1.73. The molecule has 3 rings (SSSR count). The molecule has 0 radical (unpaired) electrons. The van der Waals surface area contributed by atoms with E-state index in [4.69, 9.17) is 15.0 Å². The first-order valence-corrected chi connectivity index (χ1v) is 11.6. The number of nitrogens with zero attached hydrogens (tertiary/aromatic N) is 3. The quantitative estimate of drug-likeness (QED) is 0.308. The summed E-state index contributed by atoms with van der Waals surface area (Å²) in [6.45, 7) is 11.2. The fraction of sp³-hybridized carbons (Fsp3) is 0.800. The van der Waals surface area contributed by atoms with Crippen molar-refractivity contribution in [2.75, 3.05) is 25.4 Å². The molecule has 8 heteroatoms. The second-order valence-electron chi connectivity index (χ2n) is 8.85. The van der Waals surface area contributed by atoms with Crippen molar-refractivity contribution >= 4 is 24.3 Å². The van der Waals surface area contributed by atoms with E-state index in [9.17, 15) is 0 Å². The van der Waals surface area contributed by atoms with Crippen LogP contribution in [0.3, 0.4) is 0 Å². The Morgan fingerprint density at radius 1 is 1.18 bits per heavy atom. The standard InChI is InChI=1S/C20H35BN4O2S/c1-19(2)20(3,4)27-21(26-19)16-14-23-18(24-15-16)28-13-7-9-17-8-5-6-11-25(17)12-10-22/h14-15,17H,5-13,22H2,1-4H3/t17-/m0/s1. The maximum Gasteiger partial charge on any atom is 0.498 e. The molecule has 0 unspecified atom stereocenters. The van der Waals surface area contributed by atoms with Gasteiger partial charge in [0.05, 0.1) is 11.2 Å². The van der Waals surface area contributed by atoms with Crippen molar-refractivity contribution in [3.63, 3.8) is 0 Å². The number of hydrogen-bond acceptors (Lipinski definition) is 7. The summed E-state index contributed by atoms with van der Waals surface area (Å²) in [6, 6.07) is 0.699. The van der Waals surface area contributed by atoms with E-state index in [1.165, 1.54) is 38.6 Å². The second kappa shape index (κ2) is 9.43. The third-order valence-corrected chi connectivity index (χ3v) is 7.21. The molecular formula is C20H35BN4O2S. The molecule has 1 atom stereocenters. The van der Waals surface area contributed by atoms with Crippen LogP contribution in [-0.2, 0) is 9.31 Å². The molecule has 2 fully saturated rings. The van der Waals surface area contributed by atoms with Gasteiger partial charge in [0.2, 0.25) is 0 Å². The second-order valence-corrected chi connectivity index (χ2v) is 9.91. The van der Waals surface area contributed by atoms with Crippen molar-refractivity contribution in [2.45, 2.75) is 82.2 Å². The van der Waals surface area contributed by atoms with E-state index in [0.717, 1.165) is 29.5 Å². The van der Waals surface area contributed by atoms with E-state index in [1.54, 1.807) is 11.8 Å². The molecular weight excluding hydrogens is 371 g/mol. The fourth-order valence-electron chi connectivity index (χ4n) is 3.83.